The molecular weight excluding hydrogens is 437 g/mol. The van der Waals surface area contributed by atoms with E-state index in [1.165, 1.54) is 37.6 Å². The highest BCUT2D eigenvalue weighted by Gasteiger charge is 2.26. The minimum Gasteiger partial charge on any atom is -0.352 e. The topological polar surface area (TPSA) is 35.6 Å². The molecule has 178 valence electrons. The van der Waals surface area contributed by atoms with Gasteiger partial charge in [0.2, 0.25) is 5.91 Å². The predicted octanol–water partition coefficient (Wildman–Crippen LogP) is 5.24. The van der Waals surface area contributed by atoms with E-state index in [1.807, 2.05) is 0 Å². The maximum Gasteiger partial charge on any atom is 0.224 e. The second-order valence-electron chi connectivity index (χ2n) is 9.79. The van der Waals surface area contributed by atoms with Gasteiger partial charge in [0, 0.05) is 43.3 Å². The SMILES string of the molecule is CC1CCCN(Cc2ccc(CNC(=O)C3CCCN(Cc4c(F)cccc4Cl)C3)cc2)C1. The van der Waals surface area contributed by atoms with E-state index < -0.39 is 0 Å². The van der Waals surface area contributed by atoms with Crippen LogP contribution in [0.15, 0.2) is 42.5 Å². The molecule has 2 atom stereocenters. The number of rotatable bonds is 7. The summed E-state index contributed by atoms with van der Waals surface area (Å²) in [7, 11) is 0. The molecule has 0 aromatic heterocycles. The summed E-state index contributed by atoms with van der Waals surface area (Å²) in [5.74, 6) is 0.496. The monoisotopic (exact) mass is 471 g/mol. The zero-order valence-corrected chi connectivity index (χ0v) is 20.3. The summed E-state index contributed by atoms with van der Waals surface area (Å²) in [5.41, 5.74) is 2.96. The van der Waals surface area contributed by atoms with Crippen LogP contribution in [0.5, 0.6) is 0 Å². The van der Waals surface area contributed by atoms with Crippen LogP contribution in [0.3, 0.4) is 0 Å². The fourth-order valence-electron chi connectivity index (χ4n) is 5.10. The van der Waals surface area contributed by atoms with E-state index in [4.69, 9.17) is 11.6 Å². The maximum absolute atomic E-state index is 14.2. The Hall–Kier alpha value is -1.95. The van der Waals surface area contributed by atoms with Crippen LogP contribution in [-0.4, -0.2) is 41.9 Å². The molecule has 2 aliphatic rings. The van der Waals surface area contributed by atoms with Gasteiger partial charge in [0.05, 0.1) is 5.92 Å². The first-order valence-corrected chi connectivity index (χ1v) is 12.6. The molecule has 4 rings (SSSR count). The number of likely N-dealkylation sites (tertiary alicyclic amines) is 2. The average Bonchev–Trinajstić information content (AvgIpc) is 2.81. The molecule has 2 aromatic carbocycles. The van der Waals surface area contributed by atoms with Crippen molar-refractivity contribution in [3.05, 3.63) is 70.0 Å². The summed E-state index contributed by atoms with van der Waals surface area (Å²) in [4.78, 5) is 17.5. The lowest BCUT2D eigenvalue weighted by Gasteiger charge is -2.32. The highest BCUT2D eigenvalue weighted by atomic mass is 35.5. The van der Waals surface area contributed by atoms with Crippen molar-refractivity contribution in [1.29, 1.82) is 0 Å². The van der Waals surface area contributed by atoms with Crippen LogP contribution in [0, 0.1) is 17.7 Å². The van der Waals surface area contributed by atoms with Crippen molar-refractivity contribution in [3.63, 3.8) is 0 Å². The molecule has 2 aliphatic heterocycles. The molecular formula is C27H35ClFN3O. The molecule has 0 bridgehead atoms. The Morgan fingerprint density at radius 1 is 1.00 bits per heavy atom. The number of hydrogen-bond donors (Lipinski definition) is 1. The fraction of sp³-hybridized carbons (Fsp3) is 0.519. The molecule has 0 spiro atoms. The highest BCUT2D eigenvalue weighted by molar-refractivity contribution is 6.31. The third-order valence-corrected chi connectivity index (χ3v) is 7.31. The molecule has 0 aliphatic carbocycles. The van der Waals surface area contributed by atoms with Crippen LogP contribution < -0.4 is 5.32 Å². The van der Waals surface area contributed by atoms with Crippen molar-refractivity contribution in [2.24, 2.45) is 11.8 Å². The molecule has 2 heterocycles. The van der Waals surface area contributed by atoms with E-state index in [9.17, 15) is 9.18 Å². The van der Waals surface area contributed by atoms with Gasteiger partial charge in [0.1, 0.15) is 5.82 Å². The number of piperidine rings is 2. The zero-order chi connectivity index (χ0) is 23.2. The Bertz CT molecular complexity index is 915. The van der Waals surface area contributed by atoms with Crippen LogP contribution in [0.2, 0.25) is 5.02 Å². The number of carbonyl (C=O) groups excluding carboxylic acids is 1. The Labute approximate surface area is 202 Å². The molecule has 1 amide bonds. The third-order valence-electron chi connectivity index (χ3n) is 6.96. The van der Waals surface area contributed by atoms with E-state index in [2.05, 4.69) is 46.3 Å². The quantitative estimate of drug-likeness (QED) is 0.599. The molecule has 2 fully saturated rings. The van der Waals surface area contributed by atoms with Crippen LogP contribution in [0.25, 0.3) is 0 Å². The second kappa shape index (κ2) is 11.5. The van der Waals surface area contributed by atoms with E-state index in [-0.39, 0.29) is 17.6 Å². The molecule has 0 radical (unpaired) electrons. The third kappa shape index (κ3) is 6.78. The van der Waals surface area contributed by atoms with Gasteiger partial charge in [-0.15, -0.1) is 0 Å². The summed E-state index contributed by atoms with van der Waals surface area (Å²) in [6.07, 6.45) is 4.41. The van der Waals surface area contributed by atoms with Gasteiger partial charge in [-0.1, -0.05) is 48.9 Å². The fourth-order valence-corrected chi connectivity index (χ4v) is 5.33. The summed E-state index contributed by atoms with van der Waals surface area (Å²) >= 11 is 6.19. The summed E-state index contributed by atoms with van der Waals surface area (Å²) in [6, 6.07) is 13.4. The normalized spacial score (nSPS) is 22.3. The average molecular weight is 472 g/mol. The predicted molar refractivity (Wildman–Crippen MR) is 131 cm³/mol. The van der Waals surface area contributed by atoms with Gasteiger partial charge in [-0.25, -0.2) is 4.39 Å². The lowest BCUT2D eigenvalue weighted by Crippen LogP contribution is -2.42. The lowest BCUT2D eigenvalue weighted by molar-refractivity contribution is -0.126. The van der Waals surface area contributed by atoms with Gasteiger partial charge in [-0.3, -0.25) is 14.6 Å². The van der Waals surface area contributed by atoms with Crippen LogP contribution in [0.1, 0.15) is 49.3 Å². The largest absolute Gasteiger partial charge is 0.352 e. The number of carbonyl (C=O) groups is 1. The Morgan fingerprint density at radius 2 is 1.70 bits per heavy atom. The molecule has 4 nitrogen and oxygen atoms in total. The Balaban J connectivity index is 1.25. The van der Waals surface area contributed by atoms with E-state index in [1.54, 1.807) is 12.1 Å². The molecule has 2 aromatic rings. The molecule has 2 unspecified atom stereocenters. The standard InChI is InChI=1S/C27H35ClFN3O/c1-20-5-3-13-31(16-20)17-22-11-9-21(10-12-22)15-30-27(33)23-6-4-14-32(18-23)19-24-25(28)7-2-8-26(24)29/h2,7-12,20,23H,3-6,13-19H2,1H3,(H,30,33). The van der Waals surface area contributed by atoms with Gasteiger partial charge in [0.15, 0.2) is 0 Å². The second-order valence-corrected chi connectivity index (χ2v) is 10.2. The number of amides is 1. The minimum absolute atomic E-state index is 0.0747. The van der Waals surface area contributed by atoms with Crippen molar-refractivity contribution in [1.82, 2.24) is 15.1 Å². The highest BCUT2D eigenvalue weighted by Crippen LogP contribution is 2.24. The van der Waals surface area contributed by atoms with E-state index >= 15 is 0 Å². The lowest BCUT2D eigenvalue weighted by atomic mass is 9.96. The first-order chi connectivity index (χ1) is 16.0. The number of nitrogens with one attached hydrogen (secondary N) is 1. The summed E-state index contributed by atoms with van der Waals surface area (Å²) < 4.78 is 14.2. The Morgan fingerprint density at radius 3 is 2.42 bits per heavy atom. The minimum atomic E-state index is -0.285. The molecule has 2 saturated heterocycles. The molecule has 33 heavy (non-hydrogen) atoms. The maximum atomic E-state index is 14.2. The molecule has 1 N–H and O–H groups in total. The van der Waals surface area contributed by atoms with Crippen molar-refractivity contribution in [2.45, 2.75) is 52.2 Å². The van der Waals surface area contributed by atoms with Gasteiger partial charge in [-0.05, 0) is 68.0 Å². The van der Waals surface area contributed by atoms with Crippen LogP contribution >= 0.6 is 11.6 Å². The molecule has 0 saturated carbocycles. The van der Waals surface area contributed by atoms with E-state index in [0.717, 1.165) is 37.4 Å². The van der Waals surface area contributed by atoms with Gasteiger partial charge in [-0.2, -0.15) is 0 Å². The van der Waals surface area contributed by atoms with Crippen LogP contribution in [-0.2, 0) is 24.4 Å². The number of benzene rings is 2. The number of nitrogens with zero attached hydrogens (tertiary/aromatic N) is 2. The van der Waals surface area contributed by atoms with Crippen molar-refractivity contribution < 1.29 is 9.18 Å². The van der Waals surface area contributed by atoms with Crippen LogP contribution in [0.4, 0.5) is 4.39 Å². The zero-order valence-electron chi connectivity index (χ0n) is 19.5. The molecule has 6 heteroatoms. The van der Waals surface area contributed by atoms with Crippen molar-refractivity contribution in [2.75, 3.05) is 26.2 Å². The van der Waals surface area contributed by atoms with Gasteiger partial charge in [0.25, 0.3) is 0 Å². The first kappa shape index (κ1) is 24.2. The Kier molecular flexibility index (Phi) is 8.39. The van der Waals surface area contributed by atoms with Crippen molar-refractivity contribution in [3.8, 4) is 0 Å². The van der Waals surface area contributed by atoms with Gasteiger partial charge >= 0.3 is 0 Å². The first-order valence-electron chi connectivity index (χ1n) is 12.2. The number of halogens is 2. The van der Waals surface area contributed by atoms with Gasteiger partial charge < -0.3 is 5.32 Å². The van der Waals surface area contributed by atoms with E-state index in [0.29, 0.717) is 30.2 Å². The summed E-state index contributed by atoms with van der Waals surface area (Å²) in [6.45, 7) is 8.15. The smallest absolute Gasteiger partial charge is 0.224 e. The van der Waals surface area contributed by atoms with Crippen molar-refractivity contribution >= 4 is 17.5 Å². The number of hydrogen-bond acceptors (Lipinski definition) is 3. The summed E-state index contributed by atoms with van der Waals surface area (Å²) in [5, 5.41) is 3.55.